The van der Waals surface area contributed by atoms with Crippen LogP contribution in [0.3, 0.4) is 0 Å². The molecule has 1 fully saturated rings. The number of ether oxygens (including phenoxy) is 1. The summed E-state index contributed by atoms with van der Waals surface area (Å²) in [6, 6.07) is 15.8. The van der Waals surface area contributed by atoms with Gasteiger partial charge in [0, 0.05) is 34.9 Å². The van der Waals surface area contributed by atoms with Gasteiger partial charge in [-0.05, 0) is 55.7 Å². The number of nitrogens with zero attached hydrogens (tertiary/aromatic N) is 2. The van der Waals surface area contributed by atoms with E-state index in [0.717, 1.165) is 35.0 Å². The van der Waals surface area contributed by atoms with Crippen molar-refractivity contribution in [1.82, 2.24) is 9.55 Å². The summed E-state index contributed by atoms with van der Waals surface area (Å²) >= 11 is 0. The summed E-state index contributed by atoms with van der Waals surface area (Å²) in [6.45, 7) is 1.82. The van der Waals surface area contributed by atoms with Crippen LogP contribution in [0.15, 0.2) is 60.8 Å². The number of anilines is 2. The molecule has 0 spiro atoms. The molecule has 5 rings (SSSR count). The Hall–Kier alpha value is -3.59. The molecule has 2 aromatic heterocycles. The number of halogens is 1. The van der Waals surface area contributed by atoms with Crippen molar-refractivity contribution < 1.29 is 17.5 Å². The summed E-state index contributed by atoms with van der Waals surface area (Å²) in [5, 5.41) is 0.878. The molecule has 0 bridgehead atoms. The van der Waals surface area contributed by atoms with Crippen molar-refractivity contribution in [2.75, 3.05) is 16.2 Å². The molecule has 3 N–H and O–H groups in total. The Morgan fingerprint density at radius 2 is 1.94 bits per heavy atom. The Morgan fingerprint density at radius 3 is 2.62 bits per heavy atom. The summed E-state index contributed by atoms with van der Waals surface area (Å²) in [7, 11) is -3.36. The van der Waals surface area contributed by atoms with Gasteiger partial charge in [0.25, 0.3) is 5.88 Å². The number of benzene rings is 2. The Balaban J connectivity index is 1.53. The summed E-state index contributed by atoms with van der Waals surface area (Å²) in [5.74, 6) is -0.0721. The van der Waals surface area contributed by atoms with Crippen LogP contribution in [0.5, 0.6) is 11.6 Å². The van der Waals surface area contributed by atoms with Gasteiger partial charge in [0.2, 0.25) is 10.0 Å². The number of hydrogen-bond acceptors (Lipinski definition) is 5. The molecule has 176 valence electrons. The molecule has 4 aromatic rings. The smallest absolute Gasteiger partial charge is 0.255 e. The maximum atomic E-state index is 14.0. The predicted octanol–water partition coefficient (Wildman–Crippen LogP) is 5.70. The van der Waals surface area contributed by atoms with Crippen LogP contribution in [-0.4, -0.2) is 23.7 Å². The van der Waals surface area contributed by atoms with E-state index in [1.807, 2.05) is 31.2 Å². The Kier molecular flexibility index (Phi) is 5.65. The SMILES string of the molecule is CCCS(=O)(=O)Nc1ccc(-c2c(N)c3ccc(Oc4ncccc4F)cc3n2C2CC2)cc1. The summed E-state index contributed by atoms with van der Waals surface area (Å²) < 4.78 is 48.7. The maximum Gasteiger partial charge on any atom is 0.255 e. The van der Waals surface area contributed by atoms with Gasteiger partial charge < -0.3 is 15.0 Å². The molecule has 0 amide bonds. The van der Waals surface area contributed by atoms with E-state index in [1.54, 1.807) is 18.2 Å². The van der Waals surface area contributed by atoms with Gasteiger partial charge in [-0.15, -0.1) is 0 Å². The molecule has 7 nitrogen and oxygen atoms in total. The van der Waals surface area contributed by atoms with Crippen molar-refractivity contribution in [2.45, 2.75) is 32.2 Å². The fourth-order valence-corrected chi connectivity index (χ4v) is 5.27. The number of sulfonamides is 1. The number of rotatable bonds is 8. The fraction of sp³-hybridized carbons (Fsp3) is 0.240. The number of nitrogens with two attached hydrogens (primary N) is 1. The van der Waals surface area contributed by atoms with E-state index in [-0.39, 0.29) is 11.6 Å². The summed E-state index contributed by atoms with van der Waals surface area (Å²) in [5.41, 5.74) is 10.4. The minimum atomic E-state index is -3.36. The highest BCUT2D eigenvalue weighted by atomic mass is 32.2. The molecule has 0 radical (unpaired) electrons. The van der Waals surface area contributed by atoms with Gasteiger partial charge in [-0.2, -0.15) is 0 Å². The van der Waals surface area contributed by atoms with Crippen molar-refractivity contribution in [3.8, 4) is 22.9 Å². The number of nitrogens with one attached hydrogen (secondary N) is 1. The van der Waals surface area contributed by atoms with Gasteiger partial charge in [-0.1, -0.05) is 19.1 Å². The summed E-state index contributed by atoms with van der Waals surface area (Å²) in [4.78, 5) is 3.96. The molecule has 2 heterocycles. The zero-order valence-electron chi connectivity index (χ0n) is 18.7. The van der Waals surface area contributed by atoms with Crippen LogP contribution in [0.25, 0.3) is 22.2 Å². The van der Waals surface area contributed by atoms with Crippen molar-refractivity contribution >= 4 is 32.3 Å². The third kappa shape index (κ3) is 4.31. The number of nitrogen functional groups attached to an aromatic ring is 1. The first kappa shape index (κ1) is 22.2. The Morgan fingerprint density at radius 1 is 1.18 bits per heavy atom. The second-order valence-corrected chi connectivity index (χ2v) is 10.3. The number of aromatic nitrogens is 2. The van der Waals surface area contributed by atoms with Crippen molar-refractivity contribution in [2.24, 2.45) is 0 Å². The van der Waals surface area contributed by atoms with Gasteiger partial charge >= 0.3 is 0 Å². The predicted molar refractivity (Wildman–Crippen MR) is 132 cm³/mol. The lowest BCUT2D eigenvalue weighted by molar-refractivity contribution is 0.423. The molecule has 0 saturated heterocycles. The first-order chi connectivity index (χ1) is 16.4. The summed E-state index contributed by atoms with van der Waals surface area (Å²) in [6.07, 6.45) is 4.09. The zero-order valence-corrected chi connectivity index (χ0v) is 19.5. The van der Waals surface area contributed by atoms with Gasteiger partial charge in [-0.3, -0.25) is 4.72 Å². The molecular weight excluding hydrogens is 455 g/mol. The molecule has 2 aromatic carbocycles. The Bertz CT molecular complexity index is 1460. The van der Waals surface area contributed by atoms with Gasteiger partial charge in [0.1, 0.15) is 5.75 Å². The van der Waals surface area contributed by atoms with Crippen molar-refractivity contribution in [1.29, 1.82) is 0 Å². The average molecular weight is 481 g/mol. The molecule has 1 saturated carbocycles. The second-order valence-electron chi connectivity index (χ2n) is 8.43. The van der Waals surface area contributed by atoms with E-state index in [0.29, 0.717) is 29.6 Å². The van der Waals surface area contributed by atoms with Crippen LogP contribution in [0, 0.1) is 5.82 Å². The van der Waals surface area contributed by atoms with Crippen molar-refractivity contribution in [3.63, 3.8) is 0 Å². The largest absolute Gasteiger partial charge is 0.436 e. The number of hydrogen-bond donors (Lipinski definition) is 2. The van der Waals surface area contributed by atoms with Gasteiger partial charge in [-0.25, -0.2) is 17.8 Å². The molecule has 1 aliphatic carbocycles. The van der Waals surface area contributed by atoms with Crippen LogP contribution in [-0.2, 0) is 10.0 Å². The van der Waals surface area contributed by atoms with E-state index in [9.17, 15) is 12.8 Å². The number of pyridine rings is 1. The van der Waals surface area contributed by atoms with E-state index in [2.05, 4.69) is 14.3 Å². The molecular formula is C25H25FN4O3S. The highest BCUT2D eigenvalue weighted by molar-refractivity contribution is 7.92. The quantitative estimate of drug-likeness (QED) is 0.337. The van der Waals surface area contributed by atoms with Crippen LogP contribution < -0.4 is 15.2 Å². The first-order valence-corrected chi connectivity index (χ1v) is 12.8. The van der Waals surface area contributed by atoms with Crippen LogP contribution in [0.4, 0.5) is 15.8 Å². The molecule has 34 heavy (non-hydrogen) atoms. The minimum Gasteiger partial charge on any atom is -0.436 e. The van der Waals surface area contributed by atoms with E-state index in [4.69, 9.17) is 10.5 Å². The average Bonchev–Trinajstić information content (AvgIpc) is 3.60. The Labute approximate surface area is 197 Å². The van der Waals surface area contributed by atoms with Gasteiger partial charge in [0.15, 0.2) is 5.82 Å². The molecule has 0 aliphatic heterocycles. The molecule has 9 heteroatoms. The molecule has 1 aliphatic rings. The lowest BCUT2D eigenvalue weighted by Gasteiger charge is -2.12. The van der Waals surface area contributed by atoms with Gasteiger partial charge in [0.05, 0.1) is 22.7 Å². The monoisotopic (exact) mass is 480 g/mol. The standard InChI is InChI=1S/C25H25FN4O3S/c1-2-14-34(31,32)29-17-7-5-16(6-8-17)24-23(27)20-12-11-19(15-22(20)30(24)18-9-10-18)33-25-21(26)4-3-13-28-25/h3-8,11-13,15,18,29H,2,9-10,14,27H2,1H3. The minimum absolute atomic E-state index is 0.0738. The number of fused-ring (bicyclic) bond motifs is 1. The second kappa shape index (κ2) is 8.64. The van der Waals surface area contributed by atoms with E-state index >= 15 is 0 Å². The maximum absolute atomic E-state index is 14.0. The highest BCUT2D eigenvalue weighted by Crippen LogP contribution is 2.47. The first-order valence-electron chi connectivity index (χ1n) is 11.2. The molecule has 0 atom stereocenters. The normalized spacial score (nSPS) is 13.8. The topological polar surface area (TPSA) is 99.2 Å². The van der Waals surface area contributed by atoms with Crippen LogP contribution >= 0.6 is 0 Å². The van der Waals surface area contributed by atoms with Crippen LogP contribution in [0.2, 0.25) is 0 Å². The third-order valence-corrected chi connectivity index (χ3v) is 7.26. The lowest BCUT2D eigenvalue weighted by Crippen LogP contribution is -2.15. The molecule has 0 unspecified atom stereocenters. The van der Waals surface area contributed by atoms with Crippen LogP contribution in [0.1, 0.15) is 32.2 Å². The van der Waals surface area contributed by atoms with Crippen molar-refractivity contribution in [3.05, 3.63) is 66.6 Å². The highest BCUT2D eigenvalue weighted by Gasteiger charge is 2.30. The fourth-order valence-electron chi connectivity index (χ4n) is 4.14. The lowest BCUT2D eigenvalue weighted by atomic mass is 10.1. The third-order valence-electron chi connectivity index (χ3n) is 5.77. The van der Waals surface area contributed by atoms with E-state index < -0.39 is 15.8 Å². The van der Waals surface area contributed by atoms with E-state index in [1.165, 1.54) is 18.3 Å². The zero-order chi connectivity index (χ0) is 23.9.